The monoisotopic (exact) mass is 1740 g/mol. The number of halogens is 14. The molecule has 38 heteroatoms. The molecule has 0 aliphatic rings. The molecule has 12 aromatic rings. The quantitative estimate of drug-likeness (QED) is 0.0261. The van der Waals surface area contributed by atoms with Gasteiger partial charge in [0.25, 0.3) is 0 Å². The third kappa shape index (κ3) is 29.4. The number of ether oxygens (including phenoxy) is 4. The number of alkyl halides is 14. The maximum atomic E-state index is 13.1. The van der Waals surface area contributed by atoms with Crippen molar-refractivity contribution in [2.45, 2.75) is 85.1 Å². The van der Waals surface area contributed by atoms with Gasteiger partial charge in [-0.05, 0) is 132 Å². The molecule has 113 heavy (non-hydrogen) atoms. The molecular weight excluding hydrogens is 1660 g/mol. The Hall–Kier alpha value is -9.11. The smallest absolute Gasteiger partial charge is 1.00 e. The van der Waals surface area contributed by atoms with Crippen molar-refractivity contribution < 1.29 is 121 Å². The third-order valence-electron chi connectivity index (χ3n) is 14.8. The molecular formula is C75H77BrF13N12NaO7S4. The van der Waals surface area contributed by atoms with Crippen LogP contribution < -0.4 is 48.5 Å². The number of thioether (sulfide) groups is 2. The number of hydrogen-bond acceptors (Lipinski definition) is 17. The van der Waals surface area contributed by atoms with Crippen LogP contribution in [-0.4, -0.2) is 132 Å². The molecule has 19 nitrogen and oxygen atoms in total. The van der Waals surface area contributed by atoms with Gasteiger partial charge in [-0.2, -0.15) is 52.7 Å². The summed E-state index contributed by atoms with van der Waals surface area (Å²) in [5, 5.41) is -0.130. The average Bonchev–Trinajstić information content (AvgIpc) is 1.77. The zero-order valence-electron chi connectivity index (χ0n) is 62.2. The fourth-order valence-corrected chi connectivity index (χ4v) is 11.7. The summed E-state index contributed by atoms with van der Waals surface area (Å²) in [6, 6.07) is 40.6. The average molecular weight is 1740 g/mol. The Bertz CT molecular complexity index is 5150. The molecule has 0 saturated heterocycles. The number of aromatic amines is 1. The molecule has 0 spiro atoms. The molecule has 0 amide bonds. The number of benzene rings is 4. The van der Waals surface area contributed by atoms with E-state index >= 15 is 0 Å². The summed E-state index contributed by atoms with van der Waals surface area (Å²) >= 11 is 5.52. The standard InChI is InChI=1S/C18H16F3N3O3S.C18H16F3N3O2S.C18H16F3N3OS.C10H8F3N3S.C8H9BrO.CH3F.2CH4.Na.H/c1-27-14-5-3-4-12(8-14)10-24-7-6-13(11-24)15-9-16(18(19,20)21)23-17(22-15)28(2,25)26;1-26-14-5-3-4-12(8-14)10-24-7-6-13(11-24)15-9-16(18(19,20)21)23-17(22-15)27(2)25;1-25-14-5-3-4-12(8-14)10-24-7-6-13(11-24)15-9-16(18(19,20)21)23-17(22-15)26-2;1-17-9-15-7(6-2-3-14-5-6)4-8(16-9)10(11,12)13;1-10-8-4-2-3-7(5-8)6-9;1-2;;;;/h3-9,11H,10H2,1-2H3;3-9,11H,10H2,1-2H3;3-9,11H,10H2,1-2H3;2-5,14H,1H3;2-5H,6H2,1H3;1H3;2*1H4;;/q;;;;;;;;+1;-1/i;;;;;1D;;;;. The summed E-state index contributed by atoms with van der Waals surface area (Å²) < 4.78 is 232. The van der Waals surface area contributed by atoms with Gasteiger partial charge in [0.15, 0.2) is 10.3 Å². The first-order valence-corrected chi connectivity index (χ1v) is 38.5. The van der Waals surface area contributed by atoms with E-state index in [9.17, 15) is 69.7 Å². The van der Waals surface area contributed by atoms with Crippen molar-refractivity contribution in [1.82, 2.24) is 58.6 Å². The van der Waals surface area contributed by atoms with Gasteiger partial charge in [-0.15, -0.1) is 0 Å². The molecule has 1 atom stereocenters. The molecule has 0 radical (unpaired) electrons. The van der Waals surface area contributed by atoms with Crippen LogP contribution in [0.15, 0.2) is 216 Å². The zero-order chi connectivity index (χ0) is 81.4. The third-order valence-corrected chi connectivity index (χ3v) is 18.0. The van der Waals surface area contributed by atoms with Crippen LogP contribution in [0.5, 0.6) is 23.0 Å². The van der Waals surface area contributed by atoms with E-state index < -0.39 is 80.4 Å². The van der Waals surface area contributed by atoms with Crippen molar-refractivity contribution in [2.75, 3.05) is 60.6 Å². The number of rotatable bonds is 19. The predicted octanol–water partition coefficient (Wildman–Crippen LogP) is 16.7. The van der Waals surface area contributed by atoms with Gasteiger partial charge in [-0.3, -0.25) is 8.60 Å². The molecule has 4 aromatic carbocycles. The normalized spacial score (nSPS) is 11.5. The maximum Gasteiger partial charge on any atom is 1.00 e. The molecule has 602 valence electrons. The Balaban J connectivity index is 0.000000376. The molecule has 8 heterocycles. The Morgan fingerprint density at radius 2 is 0.805 bits per heavy atom. The van der Waals surface area contributed by atoms with Gasteiger partial charge in [0.1, 0.15) is 45.8 Å². The second-order valence-electron chi connectivity index (χ2n) is 22.7. The largest absolute Gasteiger partial charge is 1.00 e. The molecule has 1 unspecified atom stereocenters. The van der Waals surface area contributed by atoms with Gasteiger partial charge in [0, 0.05) is 109 Å². The minimum Gasteiger partial charge on any atom is -1.00 e. The van der Waals surface area contributed by atoms with E-state index in [4.69, 9.17) is 20.3 Å². The molecule has 1 N–H and O–H groups in total. The van der Waals surface area contributed by atoms with E-state index in [1.165, 1.54) is 11.8 Å². The number of methoxy groups -OCH3 is 4. The van der Waals surface area contributed by atoms with E-state index in [1.54, 1.807) is 119 Å². The molecule has 12 rings (SSSR count). The molecule has 0 saturated carbocycles. The Morgan fingerprint density at radius 3 is 1.12 bits per heavy atom. The first kappa shape index (κ1) is 94.5. The van der Waals surface area contributed by atoms with Gasteiger partial charge in [0.2, 0.25) is 20.2 Å². The van der Waals surface area contributed by atoms with Crippen LogP contribution >= 0.6 is 39.5 Å². The fraction of sp³-hybridized carbons (Fsp3) is 0.253. The van der Waals surface area contributed by atoms with Crippen molar-refractivity contribution >= 4 is 60.1 Å². The molecule has 0 aliphatic carbocycles. The Labute approximate surface area is 688 Å². The molecule has 0 fully saturated rings. The number of sulfone groups is 1. The van der Waals surface area contributed by atoms with Gasteiger partial charge in [-0.1, -0.05) is 103 Å². The van der Waals surface area contributed by atoms with Gasteiger partial charge in [0.05, 0.1) is 70.5 Å². The van der Waals surface area contributed by atoms with E-state index in [2.05, 4.69) is 66.9 Å². The van der Waals surface area contributed by atoms with Crippen LogP contribution in [0.25, 0.3) is 45.0 Å². The topological polar surface area (TPSA) is 222 Å². The first-order valence-electron chi connectivity index (χ1n) is 32.2. The number of nitrogens with zero attached hydrogens (tertiary/aromatic N) is 11. The van der Waals surface area contributed by atoms with Crippen molar-refractivity contribution in [3.63, 3.8) is 0 Å². The second-order valence-corrected chi connectivity index (χ2v) is 28.0. The summed E-state index contributed by atoms with van der Waals surface area (Å²) in [6.45, 7) is 1.54. The van der Waals surface area contributed by atoms with E-state index in [0.29, 0.717) is 47.6 Å². The molecule has 8 aromatic heterocycles. The van der Waals surface area contributed by atoms with Gasteiger partial charge >= 0.3 is 54.3 Å². The number of H-pyrrole nitrogens is 1. The zero-order valence-corrected chi connectivity index (χ0v) is 67.1. The summed E-state index contributed by atoms with van der Waals surface area (Å²) in [7, 11) is -0.329. The minimum absolute atomic E-state index is 0. The molecule has 0 aliphatic heterocycles. The van der Waals surface area contributed by atoms with Crippen LogP contribution in [-0.2, 0) is 70.3 Å². The fourth-order valence-electron chi connectivity index (χ4n) is 9.61. The summed E-state index contributed by atoms with van der Waals surface area (Å²) in [4.78, 5) is 32.4. The predicted molar refractivity (Wildman–Crippen MR) is 411 cm³/mol. The minimum atomic E-state index is -4.79. The van der Waals surface area contributed by atoms with Crippen LogP contribution in [0.4, 0.5) is 57.1 Å². The molecule has 0 bridgehead atoms. The van der Waals surface area contributed by atoms with Gasteiger partial charge < -0.3 is 39.1 Å². The maximum absolute atomic E-state index is 13.1. The van der Waals surface area contributed by atoms with Crippen LogP contribution in [0.2, 0.25) is 0 Å². The summed E-state index contributed by atoms with van der Waals surface area (Å²) in [5.74, 6) is 3.08. The Kier molecular flexibility index (Phi) is 36.8. The SMILES string of the molecule is C.C.COc1cccc(CBr)c1.COc1cccc(Cn2ccc(-c3cc(C(F)(F)F)nc(S(C)(=O)=O)n3)c2)c1.COc1cccc(Cn2ccc(-c3cc(C(F)(F)F)nc(S(C)=O)n3)c2)c1.COc1cccc(Cn2ccc(-c3cc(C(F)(F)F)nc(SC)n3)c2)c1.CSc1nc(-c2cc[nH]c2)cc(C(F)(F)F)n1.[2H]CF.[H-].[Na+]. The second kappa shape index (κ2) is 44.0. The van der Waals surface area contributed by atoms with Crippen molar-refractivity contribution in [3.05, 3.63) is 240 Å². The van der Waals surface area contributed by atoms with Gasteiger partial charge in [-0.25, -0.2) is 48.3 Å². The van der Waals surface area contributed by atoms with Crippen LogP contribution in [0.3, 0.4) is 0 Å². The van der Waals surface area contributed by atoms with Crippen LogP contribution in [0.1, 0.15) is 62.7 Å². The summed E-state index contributed by atoms with van der Waals surface area (Å²) in [5.41, 5.74) is 2.40. The van der Waals surface area contributed by atoms with E-state index in [0.717, 1.165) is 93.3 Å². The summed E-state index contributed by atoms with van der Waals surface area (Å²) in [6.07, 6.45) is 0.372. The first-order chi connectivity index (χ1) is 52.5. The Morgan fingerprint density at radius 1 is 0.487 bits per heavy atom. The number of aromatic nitrogens is 12. The number of nitrogens with one attached hydrogen (secondary N) is 1. The number of hydrogen-bond donors (Lipinski definition) is 1. The van der Waals surface area contributed by atoms with E-state index in [-0.39, 0.29) is 84.1 Å². The van der Waals surface area contributed by atoms with E-state index in [1.807, 2.05) is 100 Å². The van der Waals surface area contributed by atoms with Crippen molar-refractivity contribution in [1.29, 1.82) is 0 Å². The van der Waals surface area contributed by atoms with Crippen LogP contribution in [0, 0.1) is 0 Å². The van der Waals surface area contributed by atoms with Crippen molar-refractivity contribution in [2.24, 2.45) is 0 Å². The van der Waals surface area contributed by atoms with Crippen molar-refractivity contribution in [3.8, 4) is 68.0 Å².